The van der Waals surface area contributed by atoms with Gasteiger partial charge in [-0.2, -0.15) is 0 Å². The predicted molar refractivity (Wildman–Crippen MR) is 77.9 cm³/mol. The van der Waals surface area contributed by atoms with Crippen LogP contribution in [0.5, 0.6) is 0 Å². The molecule has 0 amide bonds. The van der Waals surface area contributed by atoms with Gasteiger partial charge in [-0.3, -0.25) is 0 Å². The Morgan fingerprint density at radius 1 is 1.17 bits per heavy atom. The first kappa shape index (κ1) is 15.2. The van der Waals surface area contributed by atoms with Gasteiger partial charge >= 0.3 is 0 Å². The Kier molecular flexibility index (Phi) is 6.99. The summed E-state index contributed by atoms with van der Waals surface area (Å²) in [6, 6.07) is 11.6. The Bertz CT molecular complexity index is 310. The second-order valence-electron chi connectivity index (χ2n) is 5.27. The van der Waals surface area contributed by atoms with Crippen LogP contribution >= 0.6 is 0 Å². The molecule has 0 aliphatic heterocycles. The lowest BCUT2D eigenvalue weighted by Crippen LogP contribution is -2.44. The van der Waals surface area contributed by atoms with E-state index in [4.69, 9.17) is 4.74 Å². The maximum absolute atomic E-state index is 5.30. The summed E-state index contributed by atoms with van der Waals surface area (Å²) in [5, 5.41) is 3.73. The third kappa shape index (κ3) is 5.19. The topological polar surface area (TPSA) is 21.3 Å². The van der Waals surface area contributed by atoms with Crippen LogP contribution in [0.3, 0.4) is 0 Å². The van der Waals surface area contributed by atoms with Crippen molar-refractivity contribution in [2.45, 2.75) is 45.7 Å². The highest BCUT2D eigenvalue weighted by atomic mass is 16.5. The van der Waals surface area contributed by atoms with Crippen molar-refractivity contribution in [3.63, 3.8) is 0 Å². The zero-order chi connectivity index (χ0) is 13.4. The summed E-state index contributed by atoms with van der Waals surface area (Å²) in [6.45, 7) is 7.51. The first-order valence-electron chi connectivity index (χ1n) is 6.96. The van der Waals surface area contributed by atoms with Crippen LogP contribution in [0.2, 0.25) is 0 Å². The minimum atomic E-state index is 0.434. The molecule has 0 saturated carbocycles. The Labute approximate surface area is 112 Å². The average molecular weight is 249 g/mol. The molecule has 18 heavy (non-hydrogen) atoms. The van der Waals surface area contributed by atoms with E-state index in [9.17, 15) is 0 Å². The van der Waals surface area contributed by atoms with E-state index in [0.717, 1.165) is 19.4 Å². The maximum Gasteiger partial charge on any atom is 0.0618 e. The summed E-state index contributed by atoms with van der Waals surface area (Å²) in [4.78, 5) is 0. The molecule has 2 unspecified atom stereocenters. The fourth-order valence-corrected chi connectivity index (χ4v) is 2.14. The Balaban J connectivity index is 2.55. The molecule has 0 radical (unpaired) electrons. The van der Waals surface area contributed by atoms with Crippen LogP contribution in [0.15, 0.2) is 30.3 Å². The van der Waals surface area contributed by atoms with Crippen molar-refractivity contribution in [3.05, 3.63) is 35.9 Å². The van der Waals surface area contributed by atoms with E-state index in [1.54, 1.807) is 7.11 Å². The number of benzene rings is 1. The molecule has 2 heteroatoms. The highest BCUT2D eigenvalue weighted by Gasteiger charge is 2.17. The van der Waals surface area contributed by atoms with Gasteiger partial charge in [0.25, 0.3) is 0 Å². The van der Waals surface area contributed by atoms with Crippen molar-refractivity contribution in [1.82, 2.24) is 5.32 Å². The minimum Gasteiger partial charge on any atom is -0.383 e. The fourth-order valence-electron chi connectivity index (χ4n) is 2.14. The normalized spacial score (nSPS) is 14.7. The number of rotatable bonds is 8. The lowest BCUT2D eigenvalue weighted by Gasteiger charge is -2.27. The predicted octanol–water partition coefficient (Wildman–Crippen LogP) is 3.27. The molecule has 0 heterocycles. The van der Waals surface area contributed by atoms with Gasteiger partial charge in [0.15, 0.2) is 0 Å². The average Bonchev–Trinajstić information content (AvgIpc) is 2.38. The van der Waals surface area contributed by atoms with E-state index < -0.39 is 0 Å². The molecule has 0 aromatic heterocycles. The number of methoxy groups -OCH3 is 1. The molecule has 0 aliphatic rings. The number of nitrogens with one attached hydrogen (secondary N) is 1. The monoisotopic (exact) mass is 249 g/mol. The van der Waals surface area contributed by atoms with Gasteiger partial charge in [-0.25, -0.2) is 0 Å². The molecule has 102 valence electrons. The van der Waals surface area contributed by atoms with Crippen molar-refractivity contribution in [3.8, 4) is 0 Å². The number of hydrogen-bond donors (Lipinski definition) is 1. The van der Waals surface area contributed by atoms with E-state index >= 15 is 0 Å². The van der Waals surface area contributed by atoms with Crippen LogP contribution < -0.4 is 5.32 Å². The van der Waals surface area contributed by atoms with Crippen molar-refractivity contribution in [2.24, 2.45) is 5.92 Å². The van der Waals surface area contributed by atoms with Crippen LogP contribution in [-0.2, 0) is 11.2 Å². The number of hydrogen-bond acceptors (Lipinski definition) is 2. The van der Waals surface area contributed by atoms with Crippen LogP contribution in [0.4, 0.5) is 0 Å². The first-order chi connectivity index (χ1) is 8.67. The molecule has 0 spiro atoms. The van der Waals surface area contributed by atoms with Gasteiger partial charge in [-0.15, -0.1) is 0 Å². The molecule has 0 saturated heterocycles. The standard InChI is InChI=1S/C16H27NO/c1-5-15(11-14-9-7-6-8-10-14)17-16(12-18-4)13(2)3/h6-10,13,15-17H,5,11-12H2,1-4H3. The molecule has 1 aromatic rings. The van der Waals surface area contributed by atoms with Crippen LogP contribution in [0.1, 0.15) is 32.8 Å². The van der Waals surface area contributed by atoms with Gasteiger partial charge in [0.2, 0.25) is 0 Å². The third-order valence-corrected chi connectivity index (χ3v) is 3.42. The molecular weight excluding hydrogens is 222 g/mol. The van der Waals surface area contributed by atoms with Crippen LogP contribution in [-0.4, -0.2) is 25.8 Å². The quantitative estimate of drug-likeness (QED) is 0.763. The van der Waals surface area contributed by atoms with Gasteiger partial charge in [0, 0.05) is 19.2 Å². The van der Waals surface area contributed by atoms with E-state index in [1.807, 2.05) is 0 Å². The number of ether oxygens (including phenoxy) is 1. The lowest BCUT2D eigenvalue weighted by atomic mass is 9.99. The molecule has 2 nitrogen and oxygen atoms in total. The Morgan fingerprint density at radius 2 is 1.83 bits per heavy atom. The molecule has 0 fully saturated rings. The molecule has 0 bridgehead atoms. The Hall–Kier alpha value is -0.860. The van der Waals surface area contributed by atoms with E-state index in [1.165, 1.54) is 5.56 Å². The SMILES string of the molecule is CCC(Cc1ccccc1)NC(COC)C(C)C. The maximum atomic E-state index is 5.30. The van der Waals surface area contributed by atoms with Crippen molar-refractivity contribution in [2.75, 3.05) is 13.7 Å². The third-order valence-electron chi connectivity index (χ3n) is 3.42. The summed E-state index contributed by atoms with van der Waals surface area (Å²) < 4.78 is 5.30. The van der Waals surface area contributed by atoms with Crippen LogP contribution in [0.25, 0.3) is 0 Å². The second kappa shape index (κ2) is 8.28. The Morgan fingerprint density at radius 3 is 2.33 bits per heavy atom. The zero-order valence-electron chi connectivity index (χ0n) is 12.1. The second-order valence-corrected chi connectivity index (χ2v) is 5.27. The van der Waals surface area contributed by atoms with Gasteiger partial charge < -0.3 is 10.1 Å². The summed E-state index contributed by atoms with van der Waals surface area (Å²) in [6.07, 6.45) is 2.23. The summed E-state index contributed by atoms with van der Waals surface area (Å²) in [5.74, 6) is 0.592. The largest absolute Gasteiger partial charge is 0.383 e. The minimum absolute atomic E-state index is 0.434. The molecule has 1 aromatic carbocycles. The summed E-state index contributed by atoms with van der Waals surface area (Å²) in [5.41, 5.74) is 1.40. The highest BCUT2D eigenvalue weighted by Crippen LogP contribution is 2.09. The van der Waals surface area contributed by atoms with E-state index in [-0.39, 0.29) is 0 Å². The van der Waals surface area contributed by atoms with Gasteiger partial charge in [0.05, 0.1) is 6.61 Å². The molecule has 1 rings (SSSR count). The molecule has 0 aliphatic carbocycles. The zero-order valence-corrected chi connectivity index (χ0v) is 12.1. The van der Waals surface area contributed by atoms with Gasteiger partial charge in [0.1, 0.15) is 0 Å². The smallest absolute Gasteiger partial charge is 0.0618 e. The molecule has 1 N–H and O–H groups in total. The summed E-state index contributed by atoms with van der Waals surface area (Å²) >= 11 is 0. The summed E-state index contributed by atoms with van der Waals surface area (Å²) in [7, 11) is 1.77. The van der Waals surface area contributed by atoms with Crippen LogP contribution in [0, 0.1) is 5.92 Å². The van der Waals surface area contributed by atoms with Crippen molar-refractivity contribution >= 4 is 0 Å². The fraction of sp³-hybridized carbons (Fsp3) is 0.625. The van der Waals surface area contributed by atoms with Crippen molar-refractivity contribution < 1.29 is 4.74 Å². The molecule has 2 atom stereocenters. The lowest BCUT2D eigenvalue weighted by molar-refractivity contribution is 0.139. The van der Waals surface area contributed by atoms with Gasteiger partial charge in [-0.05, 0) is 24.3 Å². The van der Waals surface area contributed by atoms with Gasteiger partial charge in [-0.1, -0.05) is 51.1 Å². The van der Waals surface area contributed by atoms with E-state index in [2.05, 4.69) is 56.4 Å². The molecular formula is C16H27NO. The van der Waals surface area contributed by atoms with Crippen molar-refractivity contribution in [1.29, 1.82) is 0 Å². The first-order valence-corrected chi connectivity index (χ1v) is 6.96. The van der Waals surface area contributed by atoms with E-state index in [0.29, 0.717) is 18.0 Å². The highest BCUT2D eigenvalue weighted by molar-refractivity contribution is 5.15.